The number of benzene rings is 1. The van der Waals surface area contributed by atoms with Crippen LogP contribution in [-0.2, 0) is 11.2 Å². The number of aromatic nitrogens is 2. The maximum atomic E-state index is 11.9. The fourth-order valence-electron chi connectivity index (χ4n) is 1.89. The van der Waals surface area contributed by atoms with Gasteiger partial charge in [-0.15, -0.1) is 10.2 Å². The van der Waals surface area contributed by atoms with Crippen LogP contribution in [0.3, 0.4) is 0 Å². The second kappa shape index (κ2) is 8.65. The Labute approximate surface area is 149 Å². The predicted molar refractivity (Wildman–Crippen MR) is 96.1 cm³/mol. The number of amides is 1. The Hall–Kier alpha value is -2.12. The third-order valence-corrected chi connectivity index (χ3v) is 4.23. The van der Waals surface area contributed by atoms with E-state index >= 15 is 0 Å². The highest BCUT2D eigenvalue weighted by atomic mass is 35.5. The van der Waals surface area contributed by atoms with Gasteiger partial charge < -0.3 is 9.47 Å². The lowest BCUT2D eigenvalue weighted by molar-refractivity contribution is -0.111. The quantitative estimate of drug-likeness (QED) is 0.753. The summed E-state index contributed by atoms with van der Waals surface area (Å²) in [5.74, 6) is 0.711. The molecule has 0 saturated heterocycles. The predicted octanol–water partition coefficient (Wildman–Crippen LogP) is 3.81. The Bertz CT molecular complexity index is 746. The van der Waals surface area contributed by atoms with Gasteiger partial charge in [0, 0.05) is 6.08 Å². The minimum absolute atomic E-state index is 0.294. The van der Waals surface area contributed by atoms with Gasteiger partial charge in [0.2, 0.25) is 11.0 Å². The van der Waals surface area contributed by atoms with E-state index in [1.54, 1.807) is 18.2 Å². The molecule has 0 aliphatic heterocycles. The summed E-state index contributed by atoms with van der Waals surface area (Å²) < 4.78 is 10.7. The van der Waals surface area contributed by atoms with Crippen molar-refractivity contribution in [1.82, 2.24) is 10.2 Å². The summed E-state index contributed by atoms with van der Waals surface area (Å²) in [4.78, 5) is 11.9. The minimum Gasteiger partial charge on any atom is -0.493 e. The number of carbonyl (C=O) groups excluding carboxylic acids is 1. The van der Waals surface area contributed by atoms with E-state index in [-0.39, 0.29) is 5.91 Å². The molecule has 0 saturated carbocycles. The number of hydrogen-bond donors (Lipinski definition) is 1. The molecule has 1 amide bonds. The highest BCUT2D eigenvalue weighted by molar-refractivity contribution is 7.15. The highest BCUT2D eigenvalue weighted by Gasteiger charge is 2.11. The number of carbonyl (C=O) groups is 1. The maximum absolute atomic E-state index is 11.9. The lowest BCUT2D eigenvalue weighted by Gasteiger charge is -2.11. The van der Waals surface area contributed by atoms with E-state index in [2.05, 4.69) is 15.5 Å². The molecule has 1 heterocycles. The highest BCUT2D eigenvalue weighted by Crippen LogP contribution is 2.36. The van der Waals surface area contributed by atoms with Gasteiger partial charge in [-0.3, -0.25) is 10.1 Å². The van der Waals surface area contributed by atoms with Crippen LogP contribution in [0.5, 0.6) is 11.5 Å². The zero-order valence-electron chi connectivity index (χ0n) is 13.6. The Kier molecular flexibility index (Phi) is 6.57. The Morgan fingerprint density at radius 1 is 1.38 bits per heavy atom. The second-order valence-electron chi connectivity index (χ2n) is 4.64. The van der Waals surface area contributed by atoms with Gasteiger partial charge in [-0.25, -0.2) is 0 Å². The van der Waals surface area contributed by atoms with E-state index < -0.39 is 0 Å². The molecule has 1 aromatic heterocycles. The summed E-state index contributed by atoms with van der Waals surface area (Å²) in [6.07, 6.45) is 3.83. The van der Waals surface area contributed by atoms with E-state index in [9.17, 15) is 4.79 Å². The van der Waals surface area contributed by atoms with E-state index in [4.69, 9.17) is 21.1 Å². The van der Waals surface area contributed by atoms with Crippen molar-refractivity contribution >= 4 is 40.1 Å². The van der Waals surface area contributed by atoms with Crippen LogP contribution in [0, 0.1) is 0 Å². The first-order valence-electron chi connectivity index (χ1n) is 7.39. The maximum Gasteiger partial charge on any atom is 0.250 e. The summed E-state index contributed by atoms with van der Waals surface area (Å²) in [5.41, 5.74) is 0.724. The van der Waals surface area contributed by atoms with Crippen LogP contribution in [0.1, 0.15) is 24.4 Å². The van der Waals surface area contributed by atoms with Gasteiger partial charge >= 0.3 is 0 Å². The van der Waals surface area contributed by atoms with Gasteiger partial charge in [-0.05, 0) is 37.1 Å². The van der Waals surface area contributed by atoms with E-state index in [0.717, 1.165) is 17.0 Å². The lowest BCUT2D eigenvalue weighted by atomic mass is 10.2. The van der Waals surface area contributed by atoms with Gasteiger partial charge in [0.05, 0.1) is 18.7 Å². The Balaban J connectivity index is 2.10. The van der Waals surface area contributed by atoms with Crippen molar-refractivity contribution in [2.24, 2.45) is 0 Å². The van der Waals surface area contributed by atoms with E-state index in [0.29, 0.717) is 28.3 Å². The van der Waals surface area contributed by atoms with Crippen LogP contribution in [0.15, 0.2) is 18.2 Å². The number of nitrogens with zero attached hydrogens (tertiary/aromatic N) is 2. The number of hydrogen-bond acceptors (Lipinski definition) is 6. The first-order chi connectivity index (χ1) is 11.6. The normalized spacial score (nSPS) is 10.8. The third-order valence-electron chi connectivity index (χ3n) is 2.97. The molecule has 1 N–H and O–H groups in total. The van der Waals surface area contributed by atoms with Gasteiger partial charge in [0.25, 0.3) is 0 Å². The molecule has 0 bridgehead atoms. The molecule has 2 rings (SSSR count). The van der Waals surface area contributed by atoms with Crippen LogP contribution >= 0.6 is 22.9 Å². The average Bonchev–Trinajstić information content (AvgIpc) is 3.02. The molecule has 0 unspecified atom stereocenters. The smallest absolute Gasteiger partial charge is 0.250 e. The van der Waals surface area contributed by atoms with Crippen LogP contribution in [0.4, 0.5) is 5.13 Å². The molecule has 24 heavy (non-hydrogen) atoms. The van der Waals surface area contributed by atoms with Gasteiger partial charge in [0.1, 0.15) is 5.01 Å². The second-order valence-corrected chi connectivity index (χ2v) is 6.11. The van der Waals surface area contributed by atoms with Gasteiger partial charge in [0.15, 0.2) is 11.5 Å². The van der Waals surface area contributed by atoms with Crippen LogP contribution in [-0.4, -0.2) is 29.8 Å². The number of rotatable bonds is 7. The summed E-state index contributed by atoms with van der Waals surface area (Å²) in [6, 6.07) is 3.46. The molecular formula is C16H18ClN3O3S. The first kappa shape index (κ1) is 18.2. The molecule has 0 aliphatic rings. The van der Waals surface area contributed by atoms with Crippen molar-refractivity contribution in [1.29, 1.82) is 0 Å². The van der Waals surface area contributed by atoms with E-state index in [1.807, 2.05) is 13.8 Å². The lowest BCUT2D eigenvalue weighted by Crippen LogP contribution is -2.07. The van der Waals surface area contributed by atoms with Crippen molar-refractivity contribution in [3.8, 4) is 11.5 Å². The van der Waals surface area contributed by atoms with Crippen molar-refractivity contribution in [2.45, 2.75) is 20.3 Å². The molecule has 1 aromatic carbocycles. The van der Waals surface area contributed by atoms with Gasteiger partial charge in [-0.1, -0.05) is 29.9 Å². The average molecular weight is 368 g/mol. The fourth-order valence-corrected chi connectivity index (χ4v) is 2.84. The Morgan fingerprint density at radius 3 is 2.79 bits per heavy atom. The molecule has 0 spiro atoms. The number of halogens is 1. The number of aryl methyl sites for hydroxylation is 1. The minimum atomic E-state index is -0.294. The SMILES string of the molecule is CCOc1c(Cl)cc(/C=C/C(=O)Nc2nnc(CC)s2)cc1OC. The summed E-state index contributed by atoms with van der Waals surface area (Å²) in [6.45, 7) is 4.33. The summed E-state index contributed by atoms with van der Waals surface area (Å²) in [5, 5.41) is 12.3. The van der Waals surface area contributed by atoms with Crippen molar-refractivity contribution in [3.05, 3.63) is 33.8 Å². The Morgan fingerprint density at radius 2 is 2.17 bits per heavy atom. The number of anilines is 1. The molecule has 6 nitrogen and oxygen atoms in total. The zero-order valence-corrected chi connectivity index (χ0v) is 15.2. The third kappa shape index (κ3) is 4.69. The molecule has 128 valence electrons. The number of methoxy groups -OCH3 is 1. The molecule has 2 aromatic rings. The van der Waals surface area contributed by atoms with Gasteiger partial charge in [-0.2, -0.15) is 0 Å². The molecule has 0 aliphatic carbocycles. The fraction of sp³-hybridized carbons (Fsp3) is 0.312. The molecule has 0 atom stereocenters. The first-order valence-corrected chi connectivity index (χ1v) is 8.58. The molecule has 8 heteroatoms. The summed E-state index contributed by atoms with van der Waals surface area (Å²) >= 11 is 7.55. The summed E-state index contributed by atoms with van der Waals surface area (Å²) in [7, 11) is 1.54. The van der Waals surface area contributed by atoms with Crippen molar-refractivity contribution in [3.63, 3.8) is 0 Å². The van der Waals surface area contributed by atoms with Crippen molar-refractivity contribution in [2.75, 3.05) is 19.0 Å². The molecule has 0 fully saturated rings. The zero-order chi connectivity index (χ0) is 17.5. The largest absolute Gasteiger partial charge is 0.493 e. The van der Waals surface area contributed by atoms with Crippen LogP contribution < -0.4 is 14.8 Å². The molecule has 0 radical (unpaired) electrons. The number of ether oxygens (including phenoxy) is 2. The van der Waals surface area contributed by atoms with Crippen LogP contribution in [0.25, 0.3) is 6.08 Å². The number of nitrogens with one attached hydrogen (secondary N) is 1. The monoisotopic (exact) mass is 367 g/mol. The standard InChI is InChI=1S/C16H18ClN3O3S/c1-4-14-19-20-16(24-14)18-13(21)7-6-10-8-11(17)15(23-5-2)12(9-10)22-3/h6-9H,4-5H2,1-3H3,(H,18,20,21)/b7-6+. The van der Waals surface area contributed by atoms with Crippen molar-refractivity contribution < 1.29 is 14.3 Å². The van der Waals surface area contributed by atoms with E-state index in [1.165, 1.54) is 24.5 Å². The molecular weight excluding hydrogens is 350 g/mol. The topological polar surface area (TPSA) is 73.3 Å². The van der Waals surface area contributed by atoms with Crippen LogP contribution in [0.2, 0.25) is 5.02 Å².